The fourth-order valence-electron chi connectivity index (χ4n) is 1.94. The summed E-state index contributed by atoms with van der Waals surface area (Å²) in [5.74, 6) is -0.199. The smallest absolute Gasteiger partial charge is 0.262 e. The number of pyridine rings is 1. The summed E-state index contributed by atoms with van der Waals surface area (Å²) in [6, 6.07) is 3.19. The molecule has 0 aromatic carbocycles. The number of aromatic nitrogens is 3. The van der Waals surface area contributed by atoms with Crippen molar-refractivity contribution in [2.75, 3.05) is 0 Å². The number of oxime groups is 1. The molecule has 0 aliphatic rings. The van der Waals surface area contributed by atoms with Crippen LogP contribution in [-0.4, -0.2) is 25.0 Å². The van der Waals surface area contributed by atoms with Gasteiger partial charge in [0.15, 0.2) is 10.8 Å². The normalized spacial score (nSPS) is 12.1. The third-order valence-corrected chi connectivity index (χ3v) is 3.65. The van der Waals surface area contributed by atoms with Crippen LogP contribution in [0.5, 0.6) is 0 Å². The summed E-state index contributed by atoms with van der Waals surface area (Å²) in [7, 11) is 0. The molecule has 20 heavy (non-hydrogen) atoms. The van der Waals surface area contributed by atoms with Crippen molar-refractivity contribution >= 4 is 22.1 Å². The Morgan fingerprint density at radius 2 is 2.35 bits per heavy atom. The van der Waals surface area contributed by atoms with E-state index < -0.39 is 0 Å². The average molecular weight is 289 g/mol. The predicted molar refractivity (Wildman–Crippen MR) is 75.4 cm³/mol. The van der Waals surface area contributed by atoms with Crippen molar-refractivity contribution in [3.63, 3.8) is 0 Å². The average Bonchev–Trinajstić information content (AvgIpc) is 3.01. The molecule has 3 aromatic heterocycles. The molecule has 0 radical (unpaired) electrons. The molecular weight excluding hydrogens is 278 g/mol. The van der Waals surface area contributed by atoms with Gasteiger partial charge in [0.05, 0.1) is 17.8 Å². The predicted octanol–water partition coefficient (Wildman–Crippen LogP) is 0.700. The monoisotopic (exact) mass is 289 g/mol. The number of thiazole rings is 1. The third-order valence-electron chi connectivity index (χ3n) is 2.88. The van der Waals surface area contributed by atoms with Crippen LogP contribution in [0, 0.1) is 0 Å². The van der Waals surface area contributed by atoms with E-state index in [1.165, 1.54) is 22.0 Å². The largest absolute Gasteiger partial charge is 0.409 e. The molecule has 3 rings (SSSR count). The lowest BCUT2D eigenvalue weighted by atomic mass is 10.2. The number of fused-ring (bicyclic) bond motifs is 1. The molecule has 0 spiro atoms. The SMILES string of the molecule is N/C(=N/O)c1cccn(Cc2cn3ccsc3n2)c1=O. The highest BCUT2D eigenvalue weighted by molar-refractivity contribution is 7.15. The summed E-state index contributed by atoms with van der Waals surface area (Å²) in [5.41, 5.74) is 6.09. The lowest BCUT2D eigenvalue weighted by Crippen LogP contribution is -2.29. The van der Waals surface area contributed by atoms with Crippen LogP contribution in [0.25, 0.3) is 4.96 Å². The number of nitrogens with two attached hydrogens (primary N) is 1. The Morgan fingerprint density at radius 3 is 3.10 bits per heavy atom. The summed E-state index contributed by atoms with van der Waals surface area (Å²) < 4.78 is 3.37. The highest BCUT2D eigenvalue weighted by atomic mass is 32.1. The van der Waals surface area contributed by atoms with Crippen molar-refractivity contribution in [1.29, 1.82) is 0 Å². The first-order valence-corrected chi connectivity index (χ1v) is 6.65. The Hall–Kier alpha value is -2.61. The van der Waals surface area contributed by atoms with Crippen LogP contribution >= 0.6 is 11.3 Å². The van der Waals surface area contributed by atoms with Crippen LogP contribution in [0.1, 0.15) is 11.3 Å². The molecule has 0 amide bonds. The Morgan fingerprint density at radius 1 is 1.50 bits per heavy atom. The molecule has 3 N–H and O–H groups in total. The molecule has 0 bridgehead atoms. The molecular formula is C12H11N5O2S. The van der Waals surface area contributed by atoms with Crippen molar-refractivity contribution in [2.45, 2.75) is 6.54 Å². The summed E-state index contributed by atoms with van der Waals surface area (Å²) in [6.45, 7) is 0.333. The van der Waals surface area contributed by atoms with Gasteiger partial charge in [0.1, 0.15) is 0 Å². The topological polar surface area (TPSA) is 97.9 Å². The van der Waals surface area contributed by atoms with Crippen LogP contribution < -0.4 is 11.3 Å². The molecule has 0 aliphatic heterocycles. The summed E-state index contributed by atoms with van der Waals surface area (Å²) in [6.07, 6.45) is 5.42. The first kappa shape index (κ1) is 12.4. The lowest BCUT2D eigenvalue weighted by Gasteiger charge is -2.05. The maximum atomic E-state index is 12.2. The van der Waals surface area contributed by atoms with Gasteiger partial charge >= 0.3 is 0 Å². The Labute approximate surface area is 117 Å². The van der Waals surface area contributed by atoms with E-state index in [0.717, 1.165) is 10.7 Å². The van der Waals surface area contributed by atoms with Crippen molar-refractivity contribution < 1.29 is 5.21 Å². The van der Waals surface area contributed by atoms with Crippen LogP contribution in [0.2, 0.25) is 0 Å². The molecule has 3 heterocycles. The zero-order chi connectivity index (χ0) is 14.1. The van der Waals surface area contributed by atoms with Gasteiger partial charge in [0, 0.05) is 24.0 Å². The van der Waals surface area contributed by atoms with Crippen molar-refractivity contribution in [2.24, 2.45) is 10.9 Å². The van der Waals surface area contributed by atoms with Gasteiger partial charge in [0.25, 0.3) is 5.56 Å². The van der Waals surface area contributed by atoms with E-state index in [9.17, 15) is 4.79 Å². The number of hydrogen-bond acceptors (Lipinski definition) is 5. The van der Waals surface area contributed by atoms with Crippen LogP contribution in [-0.2, 0) is 6.54 Å². The summed E-state index contributed by atoms with van der Waals surface area (Å²) >= 11 is 1.53. The number of imidazole rings is 1. The lowest BCUT2D eigenvalue weighted by molar-refractivity contribution is 0.318. The third kappa shape index (κ3) is 2.05. The molecule has 0 unspecified atom stereocenters. The molecule has 0 saturated heterocycles. The molecule has 0 saturated carbocycles. The number of rotatable bonds is 3. The second-order valence-corrected chi connectivity index (χ2v) is 5.04. The second-order valence-electron chi connectivity index (χ2n) is 4.17. The van der Waals surface area contributed by atoms with Crippen molar-refractivity contribution in [3.8, 4) is 0 Å². The Bertz CT molecular complexity index is 816. The fourth-order valence-corrected chi connectivity index (χ4v) is 2.66. The molecule has 8 heteroatoms. The van der Waals surface area contributed by atoms with Gasteiger partial charge in [-0.25, -0.2) is 4.98 Å². The van der Waals surface area contributed by atoms with Gasteiger partial charge < -0.3 is 15.5 Å². The summed E-state index contributed by atoms with van der Waals surface area (Å²) in [4.78, 5) is 17.5. The molecule has 0 atom stereocenters. The highest BCUT2D eigenvalue weighted by Gasteiger charge is 2.09. The highest BCUT2D eigenvalue weighted by Crippen LogP contribution is 2.11. The number of amidine groups is 1. The maximum absolute atomic E-state index is 12.2. The quantitative estimate of drug-likeness (QED) is 0.321. The van der Waals surface area contributed by atoms with Crippen LogP contribution in [0.3, 0.4) is 0 Å². The van der Waals surface area contributed by atoms with Gasteiger partial charge in [-0.3, -0.25) is 9.20 Å². The molecule has 3 aromatic rings. The Balaban J connectivity index is 1.99. The van der Waals surface area contributed by atoms with Gasteiger partial charge in [-0.15, -0.1) is 11.3 Å². The van der Waals surface area contributed by atoms with Crippen molar-refractivity contribution in [3.05, 3.63) is 57.7 Å². The van der Waals surface area contributed by atoms with E-state index in [4.69, 9.17) is 10.9 Å². The zero-order valence-corrected chi connectivity index (χ0v) is 11.1. The van der Waals surface area contributed by atoms with Crippen molar-refractivity contribution in [1.82, 2.24) is 14.0 Å². The zero-order valence-electron chi connectivity index (χ0n) is 10.3. The van der Waals surface area contributed by atoms with E-state index in [2.05, 4.69) is 10.1 Å². The fraction of sp³-hybridized carbons (Fsp3) is 0.0833. The molecule has 102 valence electrons. The van der Waals surface area contributed by atoms with E-state index in [1.807, 2.05) is 22.2 Å². The number of hydrogen-bond donors (Lipinski definition) is 2. The molecule has 0 aliphatic carbocycles. The van der Waals surface area contributed by atoms with E-state index >= 15 is 0 Å². The first-order chi connectivity index (χ1) is 9.69. The number of nitrogens with zero attached hydrogens (tertiary/aromatic N) is 4. The maximum Gasteiger partial charge on any atom is 0.262 e. The van der Waals surface area contributed by atoms with Gasteiger partial charge in [0.2, 0.25) is 0 Å². The first-order valence-electron chi connectivity index (χ1n) is 5.77. The molecule has 7 nitrogen and oxygen atoms in total. The summed E-state index contributed by atoms with van der Waals surface area (Å²) in [5, 5.41) is 13.5. The molecule has 0 fully saturated rings. The minimum atomic E-state index is -0.320. The van der Waals surface area contributed by atoms with E-state index in [-0.39, 0.29) is 17.0 Å². The van der Waals surface area contributed by atoms with Crippen LogP contribution in [0.4, 0.5) is 0 Å². The van der Waals surface area contributed by atoms with Gasteiger partial charge in [-0.2, -0.15) is 0 Å². The van der Waals surface area contributed by atoms with E-state index in [1.54, 1.807) is 12.3 Å². The Kier molecular flexibility index (Phi) is 2.99. The van der Waals surface area contributed by atoms with Gasteiger partial charge in [-0.05, 0) is 12.1 Å². The van der Waals surface area contributed by atoms with Crippen LogP contribution in [0.15, 0.2) is 46.1 Å². The minimum Gasteiger partial charge on any atom is -0.409 e. The standard InChI is InChI=1S/C12H11N5O2S/c13-10(15-19)9-2-1-3-16(11(9)18)6-8-7-17-4-5-20-12(17)14-8/h1-5,7,19H,6H2,(H2,13,15). The van der Waals surface area contributed by atoms with Gasteiger partial charge in [-0.1, -0.05) is 5.16 Å². The minimum absolute atomic E-state index is 0.163. The van der Waals surface area contributed by atoms with E-state index in [0.29, 0.717) is 6.54 Å². The second kappa shape index (κ2) is 4.82.